The molecule has 24 heavy (non-hydrogen) atoms. The van der Waals surface area contributed by atoms with Crippen LogP contribution in [0.4, 0.5) is 0 Å². The van der Waals surface area contributed by atoms with Gasteiger partial charge in [0.15, 0.2) is 5.82 Å². The van der Waals surface area contributed by atoms with Crippen molar-refractivity contribution in [3.8, 4) is 22.5 Å². The summed E-state index contributed by atoms with van der Waals surface area (Å²) < 4.78 is 1.50. The van der Waals surface area contributed by atoms with E-state index in [1.165, 1.54) is 10.1 Å². The molecule has 0 fully saturated rings. The van der Waals surface area contributed by atoms with Gasteiger partial charge in [0.05, 0.1) is 0 Å². The minimum atomic E-state index is -0.224. The van der Waals surface area contributed by atoms with Gasteiger partial charge in [0.1, 0.15) is 5.65 Å². The number of pyridine rings is 1. The van der Waals surface area contributed by atoms with E-state index in [9.17, 15) is 4.79 Å². The third kappa shape index (κ3) is 2.23. The molecule has 3 heterocycles. The Balaban J connectivity index is 1.84. The van der Waals surface area contributed by atoms with E-state index in [4.69, 9.17) is 0 Å². The van der Waals surface area contributed by atoms with E-state index in [2.05, 4.69) is 33.2 Å². The van der Waals surface area contributed by atoms with E-state index in [1.54, 1.807) is 7.05 Å². The van der Waals surface area contributed by atoms with Crippen LogP contribution in [0, 0.1) is 0 Å². The zero-order chi connectivity index (χ0) is 16.7. The van der Waals surface area contributed by atoms with Gasteiger partial charge in [0.2, 0.25) is 0 Å². The summed E-state index contributed by atoms with van der Waals surface area (Å²) >= 11 is 0. The summed E-state index contributed by atoms with van der Waals surface area (Å²) in [6.07, 6.45) is 4.83. The number of hydrogen-bond donors (Lipinski definition) is 2. The quantitative estimate of drug-likeness (QED) is 0.609. The van der Waals surface area contributed by atoms with E-state index in [1.807, 2.05) is 36.7 Å². The molecule has 0 aliphatic rings. The predicted molar refractivity (Wildman–Crippen MR) is 93.7 cm³/mol. The lowest BCUT2D eigenvalue weighted by atomic mass is 10.0. The average molecular weight is 319 g/mol. The molecule has 0 bridgehead atoms. The lowest BCUT2D eigenvalue weighted by Gasteiger charge is -2.05. The van der Waals surface area contributed by atoms with Gasteiger partial charge in [-0.15, -0.1) is 0 Å². The van der Waals surface area contributed by atoms with Crippen LogP contribution in [0.2, 0.25) is 0 Å². The Morgan fingerprint density at radius 1 is 1.17 bits per heavy atom. The van der Waals surface area contributed by atoms with Crippen LogP contribution in [0.25, 0.3) is 33.5 Å². The monoisotopic (exact) mass is 319 g/mol. The smallest absolute Gasteiger partial charge is 0.343 e. The molecule has 2 N–H and O–H groups in total. The molecule has 0 aliphatic carbocycles. The van der Waals surface area contributed by atoms with Gasteiger partial charge in [0, 0.05) is 36.0 Å². The number of H-pyrrole nitrogens is 2. The Labute approximate surface area is 138 Å². The van der Waals surface area contributed by atoms with Crippen molar-refractivity contribution in [2.24, 2.45) is 7.05 Å². The first kappa shape index (κ1) is 14.4. The third-order valence-electron chi connectivity index (χ3n) is 4.33. The van der Waals surface area contributed by atoms with Crippen LogP contribution >= 0.6 is 0 Å². The largest absolute Gasteiger partial charge is 0.346 e. The van der Waals surface area contributed by atoms with Gasteiger partial charge in [-0.1, -0.05) is 25.1 Å². The number of aromatic amines is 2. The second-order valence-corrected chi connectivity index (χ2v) is 5.78. The highest BCUT2D eigenvalue weighted by atomic mass is 16.1. The Bertz CT molecular complexity index is 1090. The molecule has 6 heteroatoms. The van der Waals surface area contributed by atoms with E-state index in [-0.39, 0.29) is 5.69 Å². The number of rotatable bonds is 3. The first-order valence-electron chi connectivity index (χ1n) is 7.85. The van der Waals surface area contributed by atoms with Gasteiger partial charge in [-0.2, -0.15) is 5.10 Å². The number of aromatic nitrogens is 5. The lowest BCUT2D eigenvalue weighted by Crippen LogP contribution is -2.13. The van der Waals surface area contributed by atoms with Crippen molar-refractivity contribution < 1.29 is 0 Å². The van der Waals surface area contributed by atoms with Crippen molar-refractivity contribution in [1.29, 1.82) is 0 Å². The number of benzene rings is 1. The molecule has 4 aromatic rings. The van der Waals surface area contributed by atoms with E-state index in [0.717, 1.165) is 34.1 Å². The summed E-state index contributed by atoms with van der Waals surface area (Å²) in [7, 11) is 1.70. The molecule has 0 amide bonds. The molecule has 0 atom stereocenters. The minimum absolute atomic E-state index is 0.224. The SMILES string of the molecule is CCc1c[nH]c2ncc(-c3cccc(-c4n[nH]c(=O)n4C)c3)cc12. The van der Waals surface area contributed by atoms with Crippen molar-refractivity contribution >= 4 is 11.0 Å². The van der Waals surface area contributed by atoms with Gasteiger partial charge in [-0.25, -0.2) is 14.9 Å². The first-order valence-corrected chi connectivity index (χ1v) is 7.85. The summed E-state index contributed by atoms with van der Waals surface area (Å²) in [6, 6.07) is 10.1. The fourth-order valence-electron chi connectivity index (χ4n) is 2.95. The Morgan fingerprint density at radius 3 is 2.75 bits per heavy atom. The Morgan fingerprint density at radius 2 is 2.00 bits per heavy atom. The predicted octanol–water partition coefficient (Wildman–Crippen LogP) is 2.88. The molecule has 1 aromatic carbocycles. The van der Waals surface area contributed by atoms with Crippen LogP contribution in [0.15, 0.2) is 47.5 Å². The topological polar surface area (TPSA) is 79.4 Å². The second-order valence-electron chi connectivity index (χ2n) is 5.78. The van der Waals surface area contributed by atoms with Crippen LogP contribution in [0.1, 0.15) is 12.5 Å². The number of nitrogens with one attached hydrogen (secondary N) is 2. The van der Waals surface area contributed by atoms with E-state index < -0.39 is 0 Å². The number of fused-ring (bicyclic) bond motifs is 1. The van der Waals surface area contributed by atoms with Gasteiger partial charge >= 0.3 is 5.69 Å². The van der Waals surface area contributed by atoms with Crippen molar-refractivity contribution in [2.75, 3.05) is 0 Å². The van der Waals surface area contributed by atoms with Crippen LogP contribution in [-0.4, -0.2) is 24.7 Å². The maximum Gasteiger partial charge on any atom is 0.343 e. The number of hydrogen-bond acceptors (Lipinski definition) is 3. The molecule has 0 spiro atoms. The van der Waals surface area contributed by atoms with Crippen molar-refractivity contribution in [2.45, 2.75) is 13.3 Å². The Hall–Kier alpha value is -3.15. The summed E-state index contributed by atoms with van der Waals surface area (Å²) in [5, 5.41) is 7.71. The van der Waals surface area contributed by atoms with Crippen molar-refractivity contribution in [3.05, 3.63) is 58.8 Å². The van der Waals surface area contributed by atoms with Crippen LogP contribution < -0.4 is 5.69 Å². The molecule has 0 saturated heterocycles. The molecule has 4 rings (SSSR count). The molecular formula is C18H17N5O. The first-order chi connectivity index (χ1) is 11.7. The van der Waals surface area contributed by atoms with E-state index in [0.29, 0.717) is 5.82 Å². The van der Waals surface area contributed by atoms with Gasteiger partial charge in [0.25, 0.3) is 0 Å². The summed E-state index contributed by atoms with van der Waals surface area (Å²) in [6.45, 7) is 2.13. The van der Waals surface area contributed by atoms with Gasteiger partial charge in [-0.3, -0.25) is 4.57 Å². The van der Waals surface area contributed by atoms with Crippen molar-refractivity contribution in [3.63, 3.8) is 0 Å². The van der Waals surface area contributed by atoms with Crippen LogP contribution in [0.3, 0.4) is 0 Å². The average Bonchev–Trinajstić information content (AvgIpc) is 3.18. The molecule has 0 radical (unpaired) electrons. The maximum atomic E-state index is 11.6. The van der Waals surface area contributed by atoms with Crippen molar-refractivity contribution in [1.82, 2.24) is 24.7 Å². The highest BCUT2D eigenvalue weighted by Crippen LogP contribution is 2.27. The van der Waals surface area contributed by atoms with Gasteiger partial charge < -0.3 is 4.98 Å². The number of nitrogens with zero attached hydrogens (tertiary/aromatic N) is 3. The van der Waals surface area contributed by atoms with E-state index >= 15 is 0 Å². The fraction of sp³-hybridized carbons (Fsp3) is 0.167. The molecule has 0 aliphatic heterocycles. The zero-order valence-electron chi connectivity index (χ0n) is 13.5. The molecule has 3 aromatic heterocycles. The standard InChI is InChI=1S/C18H17N5O/c1-3-11-9-19-16-15(11)8-14(10-20-16)12-5-4-6-13(7-12)17-21-22-18(24)23(17)2/h4-10H,3H2,1-2H3,(H,19,20)(H,22,24). The normalized spacial score (nSPS) is 11.2. The van der Waals surface area contributed by atoms with Gasteiger partial charge in [-0.05, 0) is 29.7 Å². The maximum absolute atomic E-state index is 11.6. The highest BCUT2D eigenvalue weighted by Gasteiger charge is 2.10. The second kappa shape index (κ2) is 5.49. The fourth-order valence-corrected chi connectivity index (χ4v) is 2.95. The van der Waals surface area contributed by atoms with Crippen LogP contribution in [-0.2, 0) is 13.5 Å². The number of aryl methyl sites for hydroxylation is 1. The summed E-state index contributed by atoms with van der Waals surface area (Å²) in [5.41, 5.74) is 4.91. The van der Waals surface area contributed by atoms with Crippen LogP contribution in [0.5, 0.6) is 0 Å². The lowest BCUT2D eigenvalue weighted by molar-refractivity contribution is 0.869. The molecule has 0 saturated carbocycles. The summed E-state index contributed by atoms with van der Waals surface area (Å²) in [4.78, 5) is 19.3. The molecule has 120 valence electrons. The highest BCUT2D eigenvalue weighted by molar-refractivity contribution is 5.85. The molecule has 0 unspecified atom stereocenters. The minimum Gasteiger partial charge on any atom is -0.346 e. The summed E-state index contributed by atoms with van der Waals surface area (Å²) in [5.74, 6) is 0.617. The third-order valence-corrected chi connectivity index (χ3v) is 4.33. The Kier molecular flexibility index (Phi) is 3.30. The molecule has 6 nitrogen and oxygen atoms in total. The zero-order valence-corrected chi connectivity index (χ0v) is 13.5. The molecular weight excluding hydrogens is 302 g/mol.